The van der Waals surface area contributed by atoms with Gasteiger partial charge in [-0.3, -0.25) is 4.98 Å². The number of rotatable bonds is 2. The molecule has 2 nitrogen and oxygen atoms in total. The van der Waals surface area contributed by atoms with E-state index in [0.29, 0.717) is 4.47 Å². The van der Waals surface area contributed by atoms with E-state index in [1.165, 1.54) is 12.1 Å². The molecule has 0 saturated carbocycles. The molecular weight excluding hydrogens is 339 g/mol. The highest BCUT2D eigenvalue weighted by molar-refractivity contribution is 9.11. The smallest absolute Gasteiger partial charge is 0.124 e. The maximum Gasteiger partial charge on any atom is 0.124 e. The van der Waals surface area contributed by atoms with Gasteiger partial charge in [-0.1, -0.05) is 0 Å². The molecule has 0 spiro atoms. The summed E-state index contributed by atoms with van der Waals surface area (Å²) in [6.45, 7) is 0. The summed E-state index contributed by atoms with van der Waals surface area (Å²) in [5.41, 5.74) is 1.68. The second-order valence-corrected chi connectivity index (χ2v) is 4.81. The average Bonchev–Trinajstić information content (AvgIpc) is 2.25. The van der Waals surface area contributed by atoms with Crippen LogP contribution in [-0.2, 0) is 0 Å². The summed E-state index contributed by atoms with van der Waals surface area (Å²) < 4.78 is 14.4. The van der Waals surface area contributed by atoms with E-state index in [2.05, 4.69) is 42.2 Å². The molecule has 0 radical (unpaired) electrons. The van der Waals surface area contributed by atoms with Gasteiger partial charge in [-0.2, -0.15) is 0 Å². The van der Waals surface area contributed by atoms with Crippen molar-refractivity contribution in [3.63, 3.8) is 0 Å². The summed E-state index contributed by atoms with van der Waals surface area (Å²) in [7, 11) is 0. The molecule has 0 saturated heterocycles. The first-order valence-corrected chi connectivity index (χ1v) is 6.07. The topological polar surface area (TPSA) is 24.9 Å². The maximum atomic E-state index is 12.9. The van der Waals surface area contributed by atoms with Gasteiger partial charge in [-0.15, -0.1) is 0 Å². The molecule has 0 bridgehead atoms. The Morgan fingerprint density at radius 3 is 2.50 bits per heavy atom. The first-order chi connectivity index (χ1) is 7.66. The minimum absolute atomic E-state index is 0.272. The second kappa shape index (κ2) is 4.93. The highest BCUT2D eigenvalue weighted by atomic mass is 79.9. The number of benzene rings is 1. The summed E-state index contributed by atoms with van der Waals surface area (Å²) in [6.07, 6.45) is 3.38. The van der Waals surface area contributed by atoms with Crippen LogP contribution in [0.5, 0.6) is 0 Å². The second-order valence-electron chi connectivity index (χ2n) is 3.10. The monoisotopic (exact) mass is 344 g/mol. The van der Waals surface area contributed by atoms with E-state index >= 15 is 0 Å². The summed E-state index contributed by atoms with van der Waals surface area (Å²) in [4.78, 5) is 3.96. The minimum atomic E-state index is -0.272. The van der Waals surface area contributed by atoms with Gasteiger partial charge < -0.3 is 5.32 Å². The SMILES string of the molecule is Fc1ccc(Nc2ccncc2Br)c(Br)c1. The molecule has 0 atom stereocenters. The predicted molar refractivity (Wildman–Crippen MR) is 69.3 cm³/mol. The van der Waals surface area contributed by atoms with Gasteiger partial charge in [0.1, 0.15) is 5.82 Å². The summed E-state index contributed by atoms with van der Waals surface area (Å²) in [5.74, 6) is -0.272. The fraction of sp³-hybridized carbons (Fsp3) is 0. The standard InChI is InChI=1S/C11H7Br2FN2/c12-8-5-7(14)1-2-10(8)16-11-3-4-15-6-9(11)13/h1-6H,(H,15,16). The van der Waals surface area contributed by atoms with Crippen molar-refractivity contribution in [2.45, 2.75) is 0 Å². The molecule has 0 amide bonds. The van der Waals surface area contributed by atoms with Crippen LogP contribution in [0.25, 0.3) is 0 Å². The zero-order chi connectivity index (χ0) is 11.5. The fourth-order valence-electron chi connectivity index (χ4n) is 1.21. The summed E-state index contributed by atoms with van der Waals surface area (Å²) >= 11 is 6.67. The van der Waals surface area contributed by atoms with Crippen molar-refractivity contribution < 1.29 is 4.39 Å². The first kappa shape index (κ1) is 11.5. The molecule has 0 fully saturated rings. The van der Waals surface area contributed by atoms with Crippen molar-refractivity contribution in [1.82, 2.24) is 4.98 Å². The number of hydrogen-bond donors (Lipinski definition) is 1. The van der Waals surface area contributed by atoms with Gasteiger partial charge in [0.15, 0.2) is 0 Å². The summed E-state index contributed by atoms with van der Waals surface area (Å²) in [5, 5.41) is 3.17. The number of anilines is 2. The van der Waals surface area contributed by atoms with E-state index in [9.17, 15) is 4.39 Å². The zero-order valence-electron chi connectivity index (χ0n) is 8.05. The number of halogens is 3. The molecule has 0 aliphatic heterocycles. The average molecular weight is 346 g/mol. The van der Waals surface area contributed by atoms with E-state index in [1.807, 2.05) is 6.07 Å². The summed E-state index contributed by atoms with van der Waals surface area (Å²) in [6, 6.07) is 6.33. The highest BCUT2D eigenvalue weighted by Gasteiger charge is 2.04. The van der Waals surface area contributed by atoms with Crippen LogP contribution in [0.3, 0.4) is 0 Å². The van der Waals surface area contributed by atoms with E-state index in [4.69, 9.17) is 0 Å². The normalized spacial score (nSPS) is 10.2. The Kier molecular flexibility index (Phi) is 3.56. The molecule has 0 unspecified atom stereocenters. The van der Waals surface area contributed by atoms with Gasteiger partial charge in [0.25, 0.3) is 0 Å². The third-order valence-corrected chi connectivity index (χ3v) is 3.26. The van der Waals surface area contributed by atoms with Gasteiger partial charge in [0, 0.05) is 16.9 Å². The lowest BCUT2D eigenvalue weighted by molar-refractivity contribution is 0.627. The van der Waals surface area contributed by atoms with E-state index < -0.39 is 0 Å². The first-order valence-electron chi connectivity index (χ1n) is 4.48. The van der Waals surface area contributed by atoms with Crippen LogP contribution in [0.4, 0.5) is 15.8 Å². The van der Waals surface area contributed by atoms with Gasteiger partial charge in [-0.05, 0) is 56.1 Å². The van der Waals surface area contributed by atoms with Crippen LogP contribution in [0.2, 0.25) is 0 Å². The van der Waals surface area contributed by atoms with Gasteiger partial charge in [-0.25, -0.2) is 4.39 Å². The van der Waals surface area contributed by atoms with Crippen LogP contribution in [0.1, 0.15) is 0 Å². The van der Waals surface area contributed by atoms with Gasteiger partial charge >= 0.3 is 0 Å². The predicted octanol–water partition coefficient (Wildman–Crippen LogP) is 4.49. The Balaban J connectivity index is 2.31. The number of nitrogens with zero attached hydrogens (tertiary/aromatic N) is 1. The molecule has 1 N–H and O–H groups in total. The molecular formula is C11H7Br2FN2. The van der Waals surface area contributed by atoms with E-state index in [0.717, 1.165) is 15.8 Å². The van der Waals surface area contributed by atoms with Crippen molar-refractivity contribution >= 4 is 43.2 Å². The Morgan fingerprint density at radius 1 is 1.06 bits per heavy atom. The van der Waals surface area contributed by atoms with Gasteiger partial charge in [0.2, 0.25) is 0 Å². The van der Waals surface area contributed by atoms with Crippen LogP contribution >= 0.6 is 31.9 Å². The molecule has 16 heavy (non-hydrogen) atoms. The maximum absolute atomic E-state index is 12.9. The fourth-order valence-corrected chi connectivity index (χ4v) is 2.01. The Hall–Kier alpha value is -0.940. The number of nitrogens with one attached hydrogen (secondary N) is 1. The Morgan fingerprint density at radius 2 is 1.81 bits per heavy atom. The van der Waals surface area contributed by atoms with Crippen molar-refractivity contribution in [3.05, 3.63) is 51.4 Å². The minimum Gasteiger partial charge on any atom is -0.354 e. The molecule has 1 aromatic carbocycles. The van der Waals surface area contributed by atoms with E-state index in [-0.39, 0.29) is 5.82 Å². The van der Waals surface area contributed by atoms with E-state index in [1.54, 1.807) is 18.5 Å². The molecule has 5 heteroatoms. The third kappa shape index (κ3) is 2.59. The van der Waals surface area contributed by atoms with Crippen molar-refractivity contribution in [3.8, 4) is 0 Å². The molecule has 0 aliphatic carbocycles. The Labute approximate surface area is 109 Å². The highest BCUT2D eigenvalue weighted by Crippen LogP contribution is 2.29. The van der Waals surface area contributed by atoms with Crippen LogP contribution < -0.4 is 5.32 Å². The lowest BCUT2D eigenvalue weighted by Gasteiger charge is -2.09. The number of hydrogen-bond acceptors (Lipinski definition) is 2. The molecule has 1 heterocycles. The van der Waals surface area contributed by atoms with Crippen LogP contribution in [-0.4, -0.2) is 4.98 Å². The van der Waals surface area contributed by atoms with Crippen molar-refractivity contribution in [2.75, 3.05) is 5.32 Å². The third-order valence-electron chi connectivity index (χ3n) is 1.97. The van der Waals surface area contributed by atoms with Crippen molar-refractivity contribution in [1.29, 1.82) is 0 Å². The largest absolute Gasteiger partial charge is 0.354 e. The molecule has 2 aromatic rings. The lowest BCUT2D eigenvalue weighted by atomic mass is 10.3. The zero-order valence-corrected chi connectivity index (χ0v) is 11.2. The van der Waals surface area contributed by atoms with Crippen LogP contribution in [0.15, 0.2) is 45.6 Å². The van der Waals surface area contributed by atoms with Gasteiger partial charge in [0.05, 0.1) is 15.8 Å². The number of pyridine rings is 1. The molecule has 1 aromatic heterocycles. The van der Waals surface area contributed by atoms with Crippen molar-refractivity contribution in [2.24, 2.45) is 0 Å². The molecule has 0 aliphatic rings. The molecule has 82 valence electrons. The van der Waals surface area contributed by atoms with Crippen LogP contribution in [0, 0.1) is 5.82 Å². The lowest BCUT2D eigenvalue weighted by Crippen LogP contribution is -1.93. The quantitative estimate of drug-likeness (QED) is 0.867. The number of aromatic nitrogens is 1. The Bertz CT molecular complexity index is 517. The molecule has 2 rings (SSSR count).